The quantitative estimate of drug-likeness (QED) is 0.610. The third kappa shape index (κ3) is 4.05. The Morgan fingerprint density at radius 2 is 2.08 bits per heavy atom. The van der Waals surface area contributed by atoms with E-state index in [-0.39, 0.29) is 17.8 Å². The number of likely N-dealkylation sites (tertiary alicyclic amines) is 1. The summed E-state index contributed by atoms with van der Waals surface area (Å²) in [4.78, 5) is 34.6. The highest BCUT2D eigenvalue weighted by molar-refractivity contribution is 5.97. The Balaban J connectivity index is 1.93. The number of aliphatic hydroxyl groups is 1. The van der Waals surface area contributed by atoms with Crippen molar-refractivity contribution in [2.24, 2.45) is 0 Å². The second-order valence-corrected chi connectivity index (χ2v) is 5.58. The van der Waals surface area contributed by atoms with Crippen LogP contribution in [-0.4, -0.2) is 58.2 Å². The largest absolute Gasteiger partial charge is 0.419 e. The van der Waals surface area contributed by atoms with Gasteiger partial charge in [0.15, 0.2) is 5.60 Å². The molecule has 0 unspecified atom stereocenters. The van der Waals surface area contributed by atoms with Crippen LogP contribution in [0.5, 0.6) is 0 Å². The van der Waals surface area contributed by atoms with Gasteiger partial charge in [0.1, 0.15) is 0 Å². The number of nitrogens with zero attached hydrogens (tertiary/aromatic N) is 2. The molecule has 136 valence electrons. The highest BCUT2D eigenvalue weighted by Crippen LogP contribution is 2.37. The van der Waals surface area contributed by atoms with Crippen molar-refractivity contribution >= 4 is 17.5 Å². The summed E-state index contributed by atoms with van der Waals surface area (Å²) in [5.74, 6) is -1.57. The molecule has 1 aromatic carbocycles. The molecule has 8 nitrogen and oxygen atoms in total. The van der Waals surface area contributed by atoms with E-state index >= 15 is 0 Å². The molecule has 1 saturated heterocycles. The Kier molecular flexibility index (Phi) is 4.97. The van der Waals surface area contributed by atoms with Crippen molar-refractivity contribution < 1.29 is 32.8 Å². The second-order valence-electron chi connectivity index (χ2n) is 5.58. The number of non-ortho nitro benzene ring substituents is 1. The van der Waals surface area contributed by atoms with Gasteiger partial charge >= 0.3 is 6.18 Å². The van der Waals surface area contributed by atoms with Crippen LogP contribution in [0.2, 0.25) is 0 Å². The number of hydrogen-bond donors (Lipinski definition) is 2. The number of β-amino-alcohol motifs (C(OH)–C–C–N with tert-alkyl or cyclic N) is 1. The maximum Gasteiger partial charge on any atom is 0.419 e. The van der Waals surface area contributed by atoms with Gasteiger partial charge in [0.2, 0.25) is 5.91 Å². The van der Waals surface area contributed by atoms with Crippen molar-refractivity contribution in [2.45, 2.75) is 18.2 Å². The second kappa shape index (κ2) is 6.67. The van der Waals surface area contributed by atoms with Crippen LogP contribution in [0.15, 0.2) is 24.3 Å². The van der Waals surface area contributed by atoms with Crippen LogP contribution >= 0.6 is 0 Å². The minimum Gasteiger partial charge on any atom is -0.379 e. The summed E-state index contributed by atoms with van der Waals surface area (Å²) >= 11 is 0. The summed E-state index contributed by atoms with van der Waals surface area (Å²) in [5.41, 5.74) is -3.32. The molecular weight excluding hydrogens is 347 g/mol. The number of nitro groups is 1. The van der Waals surface area contributed by atoms with Gasteiger partial charge in [0.25, 0.3) is 11.6 Å². The zero-order valence-corrected chi connectivity index (χ0v) is 12.7. The van der Waals surface area contributed by atoms with E-state index in [1.54, 1.807) is 0 Å². The summed E-state index contributed by atoms with van der Waals surface area (Å²) in [7, 11) is 0. The lowest BCUT2D eigenvalue weighted by Crippen LogP contribution is -2.49. The van der Waals surface area contributed by atoms with Gasteiger partial charge in [-0.3, -0.25) is 19.7 Å². The van der Waals surface area contributed by atoms with Crippen LogP contribution in [0.3, 0.4) is 0 Å². The molecule has 1 aliphatic heterocycles. The number of nitro benzene ring substituents is 1. The van der Waals surface area contributed by atoms with Crippen molar-refractivity contribution in [1.82, 2.24) is 10.2 Å². The molecule has 2 rings (SSSR count). The standard InChI is InChI=1S/C14H14F3N3O5/c15-14(16,17)13(23)4-5-19(8-13)11(21)7-18-12(22)9-2-1-3-10(6-9)20(24)25/h1-3,6,23H,4-5,7-8H2,(H,18,22)/t13-/m0/s1. The first-order chi connectivity index (χ1) is 11.5. The number of amides is 2. The van der Waals surface area contributed by atoms with Crippen molar-refractivity contribution in [3.8, 4) is 0 Å². The maximum atomic E-state index is 12.7. The SMILES string of the molecule is O=C(NCC(=O)N1CC[C@@](O)(C(F)(F)F)C1)c1cccc([N+](=O)[O-])c1. The van der Waals surface area contributed by atoms with E-state index < -0.39 is 48.0 Å². The Labute approximate surface area is 139 Å². The molecule has 1 aromatic rings. The lowest BCUT2D eigenvalue weighted by atomic mass is 10.0. The molecule has 0 radical (unpaired) electrons. The molecule has 0 aliphatic carbocycles. The average molecular weight is 361 g/mol. The Morgan fingerprint density at radius 3 is 2.64 bits per heavy atom. The van der Waals surface area contributed by atoms with E-state index in [1.807, 2.05) is 0 Å². The summed E-state index contributed by atoms with van der Waals surface area (Å²) < 4.78 is 38.1. The molecule has 0 spiro atoms. The van der Waals surface area contributed by atoms with E-state index in [2.05, 4.69) is 5.32 Å². The van der Waals surface area contributed by atoms with Crippen molar-refractivity contribution in [1.29, 1.82) is 0 Å². The monoisotopic (exact) mass is 361 g/mol. The lowest BCUT2D eigenvalue weighted by Gasteiger charge is -2.25. The average Bonchev–Trinajstić information content (AvgIpc) is 2.96. The molecule has 0 bridgehead atoms. The molecule has 2 amide bonds. The molecule has 2 N–H and O–H groups in total. The molecule has 1 aliphatic rings. The topological polar surface area (TPSA) is 113 Å². The van der Waals surface area contributed by atoms with E-state index in [0.717, 1.165) is 11.0 Å². The van der Waals surface area contributed by atoms with Crippen molar-refractivity contribution in [2.75, 3.05) is 19.6 Å². The van der Waals surface area contributed by atoms with Gasteiger partial charge in [-0.25, -0.2) is 0 Å². The smallest absolute Gasteiger partial charge is 0.379 e. The molecule has 1 atom stereocenters. The molecular formula is C14H14F3N3O5. The van der Waals surface area contributed by atoms with Gasteiger partial charge in [-0.1, -0.05) is 6.07 Å². The van der Waals surface area contributed by atoms with Gasteiger partial charge in [-0.05, 0) is 6.07 Å². The van der Waals surface area contributed by atoms with Gasteiger partial charge < -0.3 is 15.3 Å². The number of carbonyl (C=O) groups excluding carboxylic acids is 2. The zero-order chi connectivity index (χ0) is 18.8. The van der Waals surface area contributed by atoms with Crippen LogP contribution < -0.4 is 5.32 Å². The van der Waals surface area contributed by atoms with Crippen LogP contribution in [0.1, 0.15) is 16.8 Å². The number of carbonyl (C=O) groups is 2. The first-order valence-electron chi connectivity index (χ1n) is 7.13. The lowest BCUT2D eigenvalue weighted by molar-refractivity contribution is -0.384. The van der Waals surface area contributed by atoms with E-state index in [9.17, 15) is 38.0 Å². The Morgan fingerprint density at radius 1 is 1.40 bits per heavy atom. The fraction of sp³-hybridized carbons (Fsp3) is 0.429. The van der Waals surface area contributed by atoms with E-state index in [0.29, 0.717) is 0 Å². The maximum absolute atomic E-state index is 12.7. The predicted molar refractivity (Wildman–Crippen MR) is 77.6 cm³/mol. The van der Waals surface area contributed by atoms with Crippen molar-refractivity contribution in [3.63, 3.8) is 0 Å². The Bertz CT molecular complexity index is 709. The molecule has 0 saturated carbocycles. The summed E-state index contributed by atoms with van der Waals surface area (Å²) in [6.45, 7) is -1.78. The molecule has 25 heavy (non-hydrogen) atoms. The van der Waals surface area contributed by atoms with Crippen LogP contribution in [0, 0.1) is 10.1 Å². The molecule has 11 heteroatoms. The number of alkyl halides is 3. The number of rotatable bonds is 4. The Hall–Kier alpha value is -2.69. The highest BCUT2D eigenvalue weighted by atomic mass is 19.4. The molecule has 0 aromatic heterocycles. The van der Waals surface area contributed by atoms with Gasteiger partial charge in [0, 0.05) is 30.7 Å². The molecule has 1 fully saturated rings. The number of halogens is 3. The number of hydrogen-bond acceptors (Lipinski definition) is 5. The van der Waals surface area contributed by atoms with Crippen LogP contribution in [0.25, 0.3) is 0 Å². The van der Waals surface area contributed by atoms with Crippen LogP contribution in [-0.2, 0) is 4.79 Å². The zero-order valence-electron chi connectivity index (χ0n) is 12.7. The summed E-state index contributed by atoms with van der Waals surface area (Å²) in [6.07, 6.45) is -5.49. The van der Waals surface area contributed by atoms with Gasteiger partial charge in [-0.15, -0.1) is 0 Å². The van der Waals surface area contributed by atoms with E-state index in [1.165, 1.54) is 18.2 Å². The minimum atomic E-state index is -4.85. The van der Waals surface area contributed by atoms with Crippen LogP contribution in [0.4, 0.5) is 18.9 Å². The first kappa shape index (κ1) is 18.6. The predicted octanol–water partition coefficient (Wildman–Crippen LogP) is 0.850. The summed E-state index contributed by atoms with van der Waals surface area (Å²) in [5, 5.41) is 22.4. The highest BCUT2D eigenvalue weighted by Gasteiger charge is 2.57. The molecule has 1 heterocycles. The normalized spacial score (nSPS) is 20.4. The third-order valence-electron chi connectivity index (χ3n) is 3.85. The van der Waals surface area contributed by atoms with Crippen molar-refractivity contribution in [3.05, 3.63) is 39.9 Å². The van der Waals surface area contributed by atoms with Gasteiger partial charge in [0.05, 0.1) is 18.0 Å². The fourth-order valence-electron chi connectivity index (χ4n) is 2.37. The number of nitrogens with one attached hydrogen (secondary N) is 1. The minimum absolute atomic E-state index is 0.0600. The third-order valence-corrected chi connectivity index (χ3v) is 3.85. The number of benzene rings is 1. The fourth-order valence-corrected chi connectivity index (χ4v) is 2.37. The van der Waals surface area contributed by atoms with E-state index in [4.69, 9.17) is 0 Å². The first-order valence-corrected chi connectivity index (χ1v) is 7.13. The summed E-state index contributed by atoms with van der Waals surface area (Å²) in [6, 6.07) is 4.78. The van der Waals surface area contributed by atoms with Gasteiger partial charge in [-0.2, -0.15) is 13.2 Å².